The smallest absolute Gasteiger partial charge is 0.238 e. The van der Waals surface area contributed by atoms with E-state index in [1.54, 1.807) is 0 Å². The van der Waals surface area contributed by atoms with E-state index >= 15 is 0 Å². The number of amides is 1. The monoisotopic (exact) mass is 260 g/mol. The molecule has 0 bridgehead atoms. The maximum atomic E-state index is 12.0. The van der Waals surface area contributed by atoms with Gasteiger partial charge in [0.25, 0.3) is 0 Å². The van der Waals surface area contributed by atoms with E-state index in [0.717, 1.165) is 25.7 Å². The lowest BCUT2D eigenvalue weighted by Crippen LogP contribution is -2.61. The number of sulfone groups is 1. The lowest BCUT2D eigenvalue weighted by Gasteiger charge is -2.42. The maximum Gasteiger partial charge on any atom is 0.238 e. The van der Waals surface area contributed by atoms with E-state index in [1.807, 2.05) is 0 Å². The predicted molar refractivity (Wildman–Crippen MR) is 65.2 cm³/mol. The first-order valence-corrected chi connectivity index (χ1v) is 7.94. The van der Waals surface area contributed by atoms with Crippen LogP contribution in [-0.4, -0.2) is 37.4 Å². The van der Waals surface area contributed by atoms with Gasteiger partial charge < -0.3 is 11.1 Å². The Bertz CT molecular complexity index is 395. The Labute approximate surface area is 102 Å². The van der Waals surface area contributed by atoms with Gasteiger partial charge in [-0.25, -0.2) is 8.42 Å². The van der Waals surface area contributed by atoms with E-state index < -0.39 is 15.1 Å². The summed E-state index contributed by atoms with van der Waals surface area (Å²) >= 11 is 0. The van der Waals surface area contributed by atoms with Crippen LogP contribution in [0.3, 0.4) is 0 Å². The molecule has 1 amide bonds. The zero-order valence-corrected chi connectivity index (χ0v) is 10.8. The number of carbonyl (C=O) groups is 1. The predicted octanol–water partition coefficient (Wildman–Crippen LogP) is -0.0487. The summed E-state index contributed by atoms with van der Waals surface area (Å²) in [6, 6.07) is 0. The SMILES string of the molecule is NCC1(NC(=O)C2CCCCS2(=O)=O)CCC1. The molecule has 2 rings (SSSR count). The third-order valence-corrected chi connectivity index (χ3v) is 6.14. The maximum absolute atomic E-state index is 12.0. The molecule has 6 heteroatoms. The fourth-order valence-electron chi connectivity index (χ4n) is 2.57. The largest absolute Gasteiger partial charge is 0.348 e. The van der Waals surface area contributed by atoms with Crippen molar-refractivity contribution in [2.45, 2.75) is 49.3 Å². The zero-order valence-electron chi connectivity index (χ0n) is 9.94. The summed E-state index contributed by atoms with van der Waals surface area (Å²) in [5, 5.41) is 2.01. The van der Waals surface area contributed by atoms with Crippen molar-refractivity contribution in [1.82, 2.24) is 5.32 Å². The van der Waals surface area contributed by atoms with Crippen molar-refractivity contribution in [3.05, 3.63) is 0 Å². The summed E-state index contributed by atoms with van der Waals surface area (Å²) in [6.45, 7) is 0.394. The third-order valence-electron chi connectivity index (χ3n) is 3.96. The van der Waals surface area contributed by atoms with E-state index in [1.165, 1.54) is 0 Å². The molecule has 1 unspecified atom stereocenters. The molecule has 1 atom stereocenters. The topological polar surface area (TPSA) is 89.3 Å². The standard InChI is InChI=1S/C11H20N2O3S/c12-8-11(5-3-6-11)13-10(14)9-4-1-2-7-17(9,15)16/h9H,1-8,12H2,(H,13,14). The summed E-state index contributed by atoms with van der Waals surface area (Å²) in [5.74, 6) is -0.199. The minimum Gasteiger partial charge on any atom is -0.348 e. The van der Waals surface area contributed by atoms with Gasteiger partial charge in [0.2, 0.25) is 5.91 Å². The fraction of sp³-hybridized carbons (Fsp3) is 0.909. The lowest BCUT2D eigenvalue weighted by atomic mass is 9.76. The van der Waals surface area contributed by atoms with Crippen LogP contribution in [0.15, 0.2) is 0 Å². The van der Waals surface area contributed by atoms with Gasteiger partial charge in [-0.2, -0.15) is 0 Å². The van der Waals surface area contributed by atoms with Crippen LogP contribution in [0.25, 0.3) is 0 Å². The highest BCUT2D eigenvalue weighted by molar-refractivity contribution is 7.92. The second-order valence-corrected chi connectivity index (χ2v) is 7.48. The van der Waals surface area contributed by atoms with Gasteiger partial charge in [0.15, 0.2) is 9.84 Å². The Morgan fingerprint density at radius 1 is 1.29 bits per heavy atom. The fourth-order valence-corrected chi connectivity index (χ4v) is 4.38. The van der Waals surface area contributed by atoms with E-state index in [2.05, 4.69) is 5.32 Å². The molecule has 1 saturated heterocycles. The number of nitrogens with one attached hydrogen (secondary N) is 1. The molecular weight excluding hydrogens is 240 g/mol. The number of carbonyl (C=O) groups excluding carboxylic acids is 1. The minimum atomic E-state index is -3.24. The summed E-state index contributed by atoms with van der Waals surface area (Å²) in [6.07, 6.45) is 4.72. The van der Waals surface area contributed by atoms with Gasteiger partial charge in [0.05, 0.1) is 11.3 Å². The number of rotatable bonds is 3. The molecule has 98 valence electrons. The van der Waals surface area contributed by atoms with E-state index in [0.29, 0.717) is 19.4 Å². The molecule has 2 aliphatic rings. The molecule has 0 aromatic heterocycles. The Morgan fingerprint density at radius 3 is 2.47 bits per heavy atom. The molecule has 1 saturated carbocycles. The molecule has 0 spiro atoms. The molecule has 2 fully saturated rings. The molecule has 5 nitrogen and oxygen atoms in total. The number of nitrogens with two attached hydrogens (primary N) is 1. The second-order valence-electron chi connectivity index (χ2n) is 5.18. The highest BCUT2D eigenvalue weighted by Crippen LogP contribution is 2.31. The van der Waals surface area contributed by atoms with Crippen LogP contribution in [0.1, 0.15) is 38.5 Å². The second kappa shape index (κ2) is 4.57. The average molecular weight is 260 g/mol. The van der Waals surface area contributed by atoms with E-state index in [9.17, 15) is 13.2 Å². The minimum absolute atomic E-state index is 0.140. The van der Waals surface area contributed by atoms with E-state index in [4.69, 9.17) is 5.73 Å². The highest BCUT2D eigenvalue weighted by atomic mass is 32.2. The first-order valence-electron chi connectivity index (χ1n) is 6.23. The lowest BCUT2D eigenvalue weighted by molar-refractivity contribution is -0.123. The van der Waals surface area contributed by atoms with Gasteiger partial charge in [0.1, 0.15) is 5.25 Å². The van der Waals surface area contributed by atoms with Gasteiger partial charge >= 0.3 is 0 Å². The molecule has 1 heterocycles. The Kier molecular flexibility index (Phi) is 3.45. The van der Waals surface area contributed by atoms with Crippen molar-refractivity contribution < 1.29 is 13.2 Å². The van der Waals surface area contributed by atoms with Gasteiger partial charge in [-0.1, -0.05) is 6.42 Å². The molecule has 0 aromatic rings. The molecule has 1 aliphatic carbocycles. The van der Waals surface area contributed by atoms with Crippen molar-refractivity contribution in [2.75, 3.05) is 12.3 Å². The van der Waals surface area contributed by atoms with Crippen LogP contribution in [0, 0.1) is 0 Å². The van der Waals surface area contributed by atoms with Crippen molar-refractivity contribution in [3.63, 3.8) is 0 Å². The third kappa shape index (κ3) is 2.47. The normalized spacial score (nSPS) is 30.3. The Balaban J connectivity index is 2.04. The molecule has 0 aromatic carbocycles. The van der Waals surface area contributed by atoms with Crippen molar-refractivity contribution in [1.29, 1.82) is 0 Å². The number of hydrogen-bond acceptors (Lipinski definition) is 4. The van der Waals surface area contributed by atoms with Crippen molar-refractivity contribution >= 4 is 15.7 Å². The average Bonchev–Trinajstić information content (AvgIpc) is 2.22. The quantitative estimate of drug-likeness (QED) is 0.744. The first kappa shape index (κ1) is 12.8. The van der Waals surface area contributed by atoms with Crippen LogP contribution >= 0.6 is 0 Å². The van der Waals surface area contributed by atoms with Crippen LogP contribution in [-0.2, 0) is 14.6 Å². The first-order chi connectivity index (χ1) is 7.99. The van der Waals surface area contributed by atoms with Gasteiger partial charge in [-0.3, -0.25) is 4.79 Å². The van der Waals surface area contributed by atoms with Gasteiger partial charge in [-0.15, -0.1) is 0 Å². The van der Waals surface area contributed by atoms with E-state index in [-0.39, 0.29) is 17.2 Å². The van der Waals surface area contributed by atoms with Crippen molar-refractivity contribution in [2.24, 2.45) is 5.73 Å². The van der Waals surface area contributed by atoms with Crippen molar-refractivity contribution in [3.8, 4) is 0 Å². The Hall–Kier alpha value is -0.620. The Morgan fingerprint density at radius 2 is 2.00 bits per heavy atom. The molecule has 1 aliphatic heterocycles. The van der Waals surface area contributed by atoms with Crippen LogP contribution < -0.4 is 11.1 Å². The van der Waals surface area contributed by atoms with Crippen LogP contribution in [0.4, 0.5) is 0 Å². The van der Waals surface area contributed by atoms with Crippen LogP contribution in [0.5, 0.6) is 0 Å². The molecule has 17 heavy (non-hydrogen) atoms. The summed E-state index contributed by atoms with van der Waals surface area (Å²) in [5.41, 5.74) is 5.32. The zero-order chi connectivity index (χ0) is 12.5. The number of hydrogen-bond donors (Lipinski definition) is 2. The summed E-state index contributed by atoms with van der Waals surface area (Å²) < 4.78 is 23.6. The summed E-state index contributed by atoms with van der Waals surface area (Å²) in [4.78, 5) is 12.0. The molecule has 3 N–H and O–H groups in total. The van der Waals surface area contributed by atoms with Gasteiger partial charge in [0, 0.05) is 6.54 Å². The molecular formula is C11H20N2O3S. The summed E-state index contributed by atoms with van der Waals surface area (Å²) in [7, 11) is -3.24. The van der Waals surface area contributed by atoms with Gasteiger partial charge in [-0.05, 0) is 32.1 Å². The highest BCUT2D eigenvalue weighted by Gasteiger charge is 2.42. The molecule has 0 radical (unpaired) electrons. The van der Waals surface area contributed by atoms with Crippen LogP contribution in [0.2, 0.25) is 0 Å².